The fourth-order valence-electron chi connectivity index (χ4n) is 12.1. The summed E-state index contributed by atoms with van der Waals surface area (Å²) in [6, 6.07) is 50.4. The number of phenols is 1. The van der Waals surface area contributed by atoms with E-state index in [0.29, 0.717) is 58.3 Å². The fraction of sp³-hybridized carbons (Fsp3) is 0.393. The van der Waals surface area contributed by atoms with E-state index in [4.69, 9.17) is 43.6 Å². The Hall–Kier alpha value is -9.03. The topological polar surface area (TPSA) is 147 Å². The predicted octanol–water partition coefficient (Wildman–Crippen LogP) is 18.9. The molecule has 12 heteroatoms. The van der Waals surface area contributed by atoms with Crippen LogP contribution in [0.15, 0.2) is 146 Å². The summed E-state index contributed by atoms with van der Waals surface area (Å²) < 4.78 is 33.9. The number of nitrogens with one attached hydrogen (secondary N) is 1. The van der Waals surface area contributed by atoms with E-state index in [1.165, 1.54) is 5.56 Å². The molecule has 1 aliphatic carbocycles. The van der Waals surface area contributed by atoms with E-state index in [9.17, 15) is 9.90 Å². The van der Waals surface area contributed by atoms with Gasteiger partial charge in [0.2, 0.25) is 0 Å². The molecule has 4 heterocycles. The molecule has 10 rings (SSSR count). The van der Waals surface area contributed by atoms with E-state index in [0.717, 1.165) is 135 Å². The van der Waals surface area contributed by atoms with Gasteiger partial charge in [0.1, 0.15) is 47.6 Å². The van der Waals surface area contributed by atoms with Gasteiger partial charge in [-0.2, -0.15) is 0 Å². The van der Waals surface area contributed by atoms with Gasteiger partial charge in [-0.15, -0.1) is 0 Å². The lowest BCUT2D eigenvalue weighted by Gasteiger charge is -2.29. The van der Waals surface area contributed by atoms with Crippen LogP contribution in [0.3, 0.4) is 0 Å². The molecule has 4 aromatic heterocycles. The number of aromatic nitrogens is 4. The van der Waals surface area contributed by atoms with Crippen LogP contribution in [0.5, 0.6) is 28.7 Å². The zero-order valence-electron chi connectivity index (χ0n) is 59.8. The lowest BCUT2D eigenvalue weighted by atomic mass is 9.79. The van der Waals surface area contributed by atoms with Crippen molar-refractivity contribution in [1.29, 1.82) is 0 Å². The van der Waals surface area contributed by atoms with Crippen molar-refractivity contribution in [2.75, 3.05) is 19.8 Å². The first-order valence-electron chi connectivity index (χ1n) is 34.0. The number of aromatic hydroxyl groups is 1. The van der Waals surface area contributed by atoms with E-state index in [2.05, 4.69) is 137 Å². The molecule has 2 N–H and O–H groups in total. The van der Waals surface area contributed by atoms with Crippen LogP contribution < -0.4 is 24.3 Å². The van der Waals surface area contributed by atoms with Crippen LogP contribution in [0, 0.1) is 13.8 Å². The SMILES string of the molecule is Cc1cccc(-c2cccc(COc3c4cc(C(C)(C)C)cc3Cc3cc(C(C)(C)C)cc(c3OCCCOc3ccc(CCNC(=O)OC(C)(C)C)cc3)Cc3cc(C(C)(C)C)cc(c3OCc3cccc(-c5cccc(C)n5)n3)Cc3cc(C(C)(C)C)cc(c3O)C4)n2)n1. The molecule has 0 unspecified atom stereocenters. The molecule has 8 bridgehead atoms. The molecule has 9 aromatic rings. The molecule has 0 saturated carbocycles. The van der Waals surface area contributed by atoms with Crippen molar-refractivity contribution < 1.29 is 33.6 Å². The molecule has 1 amide bonds. The molecule has 12 nitrogen and oxygen atoms in total. The van der Waals surface area contributed by atoms with Gasteiger partial charge in [0, 0.05) is 50.0 Å². The normalized spacial score (nSPS) is 12.8. The summed E-state index contributed by atoms with van der Waals surface area (Å²) in [4.78, 5) is 32.3. The number of pyridine rings is 4. The van der Waals surface area contributed by atoms with Gasteiger partial charge >= 0.3 is 6.09 Å². The van der Waals surface area contributed by atoms with Crippen LogP contribution in [0.1, 0.15) is 205 Å². The van der Waals surface area contributed by atoms with Gasteiger partial charge in [-0.25, -0.2) is 14.8 Å². The highest BCUT2D eigenvalue weighted by Gasteiger charge is 2.30. The van der Waals surface area contributed by atoms with Crippen LogP contribution in [-0.4, -0.2) is 56.5 Å². The second kappa shape index (κ2) is 28.7. The first-order valence-corrected chi connectivity index (χ1v) is 34.0. The summed E-state index contributed by atoms with van der Waals surface area (Å²) >= 11 is 0. The first kappa shape index (κ1) is 69.8. The number of aryl methyl sites for hydroxylation is 2. The Morgan fingerprint density at radius 2 is 0.771 bits per heavy atom. The van der Waals surface area contributed by atoms with Crippen molar-refractivity contribution in [3.63, 3.8) is 0 Å². The van der Waals surface area contributed by atoms with Crippen LogP contribution in [0.25, 0.3) is 22.8 Å². The number of phenolic OH excluding ortho intramolecular Hbond substituents is 1. The first-order chi connectivity index (χ1) is 45.3. The van der Waals surface area contributed by atoms with E-state index in [1.54, 1.807) is 0 Å². The highest BCUT2D eigenvalue weighted by molar-refractivity contribution is 5.67. The molecular formula is C84H99N5O7. The van der Waals surface area contributed by atoms with Crippen LogP contribution in [0.2, 0.25) is 0 Å². The number of rotatable bonds is 17. The van der Waals surface area contributed by atoms with Gasteiger partial charge in [-0.3, -0.25) is 9.97 Å². The quantitative estimate of drug-likeness (QED) is 0.0840. The van der Waals surface area contributed by atoms with Crippen molar-refractivity contribution in [3.05, 3.63) is 241 Å². The summed E-state index contributed by atoms with van der Waals surface area (Å²) in [5.41, 5.74) is 18.1. The summed E-state index contributed by atoms with van der Waals surface area (Å²) in [7, 11) is 0. The van der Waals surface area contributed by atoms with Gasteiger partial charge in [0.25, 0.3) is 0 Å². The maximum Gasteiger partial charge on any atom is 0.407 e. The third kappa shape index (κ3) is 18.1. The number of ether oxygens (including phenoxy) is 5. The number of fused-ring (bicyclic) bond motifs is 8. The third-order valence-electron chi connectivity index (χ3n) is 17.4. The Morgan fingerprint density at radius 3 is 1.15 bits per heavy atom. The Balaban J connectivity index is 1.12. The summed E-state index contributed by atoms with van der Waals surface area (Å²) in [5, 5.41) is 16.0. The second-order valence-corrected chi connectivity index (χ2v) is 31.0. The molecule has 0 atom stereocenters. The summed E-state index contributed by atoms with van der Waals surface area (Å²) in [6.45, 7) is 38.3. The van der Waals surface area contributed by atoms with E-state index in [-0.39, 0.29) is 40.6 Å². The minimum absolute atomic E-state index is 0.189. The minimum Gasteiger partial charge on any atom is -0.507 e. The number of carbonyl (C=O) groups excluding carboxylic acids is 1. The van der Waals surface area contributed by atoms with Gasteiger partial charge < -0.3 is 34.1 Å². The molecule has 502 valence electrons. The van der Waals surface area contributed by atoms with Gasteiger partial charge in [-0.05, 0) is 196 Å². The molecule has 0 spiro atoms. The average Bonchev–Trinajstić information content (AvgIpc) is 0.771. The highest BCUT2D eigenvalue weighted by Crippen LogP contribution is 2.45. The molecule has 0 radical (unpaired) electrons. The molecule has 0 saturated heterocycles. The maximum absolute atomic E-state index is 13.1. The van der Waals surface area contributed by atoms with Gasteiger partial charge in [-0.1, -0.05) is 168 Å². The van der Waals surface area contributed by atoms with Crippen molar-refractivity contribution in [2.24, 2.45) is 0 Å². The minimum atomic E-state index is -0.563. The number of hydrogen-bond acceptors (Lipinski definition) is 11. The predicted molar refractivity (Wildman–Crippen MR) is 387 cm³/mol. The lowest BCUT2D eigenvalue weighted by molar-refractivity contribution is 0.0528. The average molecular weight is 1290 g/mol. The molecule has 5 aromatic carbocycles. The Kier molecular flexibility index (Phi) is 20.9. The third-order valence-corrected chi connectivity index (χ3v) is 17.4. The van der Waals surface area contributed by atoms with E-state index < -0.39 is 11.7 Å². The standard InChI is InChI=1S/C84H99N5O7/c1-53-23-18-27-71(86-53)73-29-20-25-68(88-73)51-94-77-58-39-56-43-64(80(3,4)5)44-57(75(56)90)40-59-46-66(82(9,10)11)50-63(78(59)95-52-69-26-21-30-74(89-69)72-28-19-24-54(2)87-72)42-61-48-67(83(12,13)14)47-60(41-62(77)49-65(45-58)81(6,7)8)76(61)93-38-22-37-92-70-33-31-55(32-34-70)35-36-85-79(91)96-84(15,16)17/h18-21,23-34,43-50,90H,22,35-42,51-52H2,1-17H3,(H,85,91). The second-order valence-electron chi connectivity index (χ2n) is 31.0. The van der Waals surface area contributed by atoms with Crippen LogP contribution in [-0.2, 0) is 71.7 Å². The Labute approximate surface area is 570 Å². The molecule has 96 heavy (non-hydrogen) atoms. The van der Waals surface area contributed by atoms with Crippen LogP contribution in [0.4, 0.5) is 4.79 Å². The van der Waals surface area contributed by atoms with Gasteiger partial charge in [0.15, 0.2) is 0 Å². The largest absolute Gasteiger partial charge is 0.507 e. The molecular weight excluding hydrogens is 1190 g/mol. The number of amides is 1. The number of carbonyl (C=O) groups is 1. The summed E-state index contributed by atoms with van der Waals surface area (Å²) in [6.07, 6.45) is 2.52. The Morgan fingerprint density at radius 1 is 0.427 bits per heavy atom. The van der Waals surface area contributed by atoms with Crippen molar-refractivity contribution in [2.45, 2.75) is 197 Å². The molecule has 0 aliphatic heterocycles. The molecule has 1 aliphatic rings. The lowest BCUT2D eigenvalue weighted by Crippen LogP contribution is -2.33. The van der Waals surface area contributed by atoms with E-state index >= 15 is 0 Å². The number of nitrogens with zero attached hydrogens (tertiary/aromatic N) is 4. The van der Waals surface area contributed by atoms with E-state index in [1.807, 2.05) is 132 Å². The zero-order valence-corrected chi connectivity index (χ0v) is 59.8. The number of hydrogen-bond donors (Lipinski definition) is 2. The number of alkyl carbamates (subject to hydrolysis) is 1. The monoisotopic (exact) mass is 1290 g/mol. The van der Waals surface area contributed by atoms with Crippen molar-refractivity contribution in [3.8, 4) is 51.5 Å². The zero-order chi connectivity index (χ0) is 68.9. The Bertz CT molecular complexity index is 4040. The molecule has 0 fully saturated rings. The fourth-order valence-corrected chi connectivity index (χ4v) is 12.1. The maximum atomic E-state index is 13.1. The summed E-state index contributed by atoms with van der Waals surface area (Å²) in [5.74, 6) is 3.30. The van der Waals surface area contributed by atoms with Crippen molar-refractivity contribution >= 4 is 6.09 Å². The highest BCUT2D eigenvalue weighted by atomic mass is 16.6. The van der Waals surface area contributed by atoms with Gasteiger partial charge in [0.05, 0.1) is 47.4 Å². The van der Waals surface area contributed by atoms with Crippen LogP contribution >= 0.6 is 0 Å². The smallest absolute Gasteiger partial charge is 0.407 e. The number of benzene rings is 5. The van der Waals surface area contributed by atoms with Crippen molar-refractivity contribution in [1.82, 2.24) is 25.3 Å².